The predicted molar refractivity (Wildman–Crippen MR) is 213 cm³/mol. The lowest BCUT2D eigenvalue weighted by Crippen LogP contribution is -2.66. The number of aryl methyl sites for hydroxylation is 1. The Balaban J connectivity index is 1.17. The van der Waals surface area contributed by atoms with Crippen molar-refractivity contribution in [2.45, 2.75) is 171 Å². The molecule has 0 amide bonds. The van der Waals surface area contributed by atoms with Crippen LogP contribution in [-0.4, -0.2) is 28.9 Å². The Morgan fingerprint density at radius 3 is 2.23 bits per heavy atom. The first kappa shape index (κ1) is 40.2. The van der Waals surface area contributed by atoms with E-state index >= 15 is 0 Å². The first-order valence-corrected chi connectivity index (χ1v) is 21.4. The van der Waals surface area contributed by atoms with Gasteiger partial charge in [0.25, 0.3) is 0 Å². The predicted octanol–water partition coefficient (Wildman–Crippen LogP) is 11.8. The lowest BCUT2D eigenvalue weighted by atomic mass is 9.32. The summed E-state index contributed by atoms with van der Waals surface area (Å²) in [7, 11) is 0. The van der Waals surface area contributed by atoms with Gasteiger partial charge in [0.2, 0.25) is 0 Å². The van der Waals surface area contributed by atoms with Crippen LogP contribution in [0.15, 0.2) is 42.5 Å². The SMILES string of the molecule is C=C(C)[C@@H]1CC[C@]2(CC(=O)CCCCc3ccccc3)CC[C@]3(C)[C@H](CC[C@@H]4[C@@]5(C)CC[C@H](OC(=O)CC(C)(C)CC(=O)O)C(C)(C)[C@@H]5CC[C@]43C)[C@@H]12. The van der Waals surface area contributed by atoms with Crippen LogP contribution in [0.1, 0.15) is 164 Å². The minimum atomic E-state index is -0.879. The summed E-state index contributed by atoms with van der Waals surface area (Å²) in [6, 6.07) is 10.7. The zero-order chi connectivity index (χ0) is 38.6. The smallest absolute Gasteiger partial charge is 0.306 e. The van der Waals surface area contributed by atoms with Crippen LogP contribution in [0.25, 0.3) is 0 Å². The van der Waals surface area contributed by atoms with Crippen molar-refractivity contribution in [3.63, 3.8) is 0 Å². The molecule has 1 aromatic carbocycles. The number of ether oxygens (including phenoxy) is 1. The van der Waals surface area contributed by atoms with Gasteiger partial charge in [-0.15, -0.1) is 0 Å². The van der Waals surface area contributed by atoms with Crippen molar-refractivity contribution in [3.05, 3.63) is 48.0 Å². The highest BCUT2D eigenvalue weighted by Gasteiger charge is 2.71. The summed E-state index contributed by atoms with van der Waals surface area (Å²) in [5.41, 5.74) is 2.65. The van der Waals surface area contributed by atoms with Crippen LogP contribution in [0.5, 0.6) is 0 Å². The number of esters is 1. The lowest BCUT2D eigenvalue weighted by Gasteiger charge is -2.73. The quantitative estimate of drug-likeness (QED) is 0.124. The van der Waals surface area contributed by atoms with Gasteiger partial charge in [0, 0.05) is 18.3 Å². The number of carboxylic acid groups (broad SMARTS) is 1. The standard InChI is InChI=1S/C48H72O5/c1-32(2)35-21-26-48(29-34(49)18-14-13-17-33-15-11-10-12-16-33)28-27-46(8)36(42(35)48)19-20-38-45(7)24-23-39(44(5,6)37(45)22-25-47(38,46)9)53-41(52)31-43(3,4)30-40(50)51/h10-12,15-16,35-39,42H,1,13-14,17-31H2,2-9H3,(H,50,51)/t35-,36+,37-,38+,39-,42+,45-,46+,47+,48+/m0/s1. The molecule has 53 heavy (non-hydrogen) atoms. The number of hydrogen-bond acceptors (Lipinski definition) is 4. The molecule has 5 saturated carbocycles. The van der Waals surface area contributed by atoms with E-state index in [0.717, 1.165) is 44.9 Å². The highest BCUT2D eigenvalue weighted by atomic mass is 16.5. The molecule has 10 atom stereocenters. The Hall–Kier alpha value is -2.43. The summed E-state index contributed by atoms with van der Waals surface area (Å²) in [5.74, 6) is 2.11. The fourth-order valence-electron chi connectivity index (χ4n) is 14.6. The third-order valence-corrected chi connectivity index (χ3v) is 17.3. The molecule has 5 fully saturated rings. The van der Waals surface area contributed by atoms with Crippen molar-refractivity contribution in [1.29, 1.82) is 0 Å². The lowest BCUT2D eigenvalue weighted by molar-refractivity contribution is -0.250. The van der Waals surface area contributed by atoms with Crippen molar-refractivity contribution in [1.82, 2.24) is 0 Å². The summed E-state index contributed by atoms with van der Waals surface area (Å²) in [6.45, 7) is 23.2. The van der Waals surface area contributed by atoms with Crippen LogP contribution in [0, 0.1) is 62.1 Å². The van der Waals surface area contributed by atoms with Gasteiger partial charge in [-0.05, 0) is 153 Å². The molecule has 0 heterocycles. The number of ketones is 1. The van der Waals surface area contributed by atoms with Crippen molar-refractivity contribution in [2.75, 3.05) is 0 Å². The zero-order valence-corrected chi connectivity index (χ0v) is 34.7. The Kier molecular flexibility index (Phi) is 11.1. The molecule has 5 heteroatoms. The van der Waals surface area contributed by atoms with Gasteiger partial charge in [-0.2, -0.15) is 0 Å². The van der Waals surface area contributed by atoms with Gasteiger partial charge in [0.15, 0.2) is 0 Å². The molecular weight excluding hydrogens is 657 g/mol. The molecule has 0 unspecified atom stereocenters. The molecule has 1 N–H and O–H groups in total. The molecule has 0 aromatic heterocycles. The van der Waals surface area contributed by atoms with E-state index in [1.165, 1.54) is 56.1 Å². The monoisotopic (exact) mass is 729 g/mol. The summed E-state index contributed by atoms with van der Waals surface area (Å²) < 4.78 is 6.29. The molecule has 0 bridgehead atoms. The molecule has 0 spiro atoms. The number of Topliss-reactive ketones (excluding diaryl/α,β-unsaturated/α-hetero) is 1. The number of unbranched alkanes of at least 4 members (excludes halogenated alkanes) is 1. The zero-order valence-electron chi connectivity index (χ0n) is 34.7. The van der Waals surface area contributed by atoms with E-state index < -0.39 is 11.4 Å². The van der Waals surface area contributed by atoms with Crippen LogP contribution >= 0.6 is 0 Å². The van der Waals surface area contributed by atoms with E-state index in [2.05, 4.69) is 78.5 Å². The fourth-order valence-corrected chi connectivity index (χ4v) is 14.6. The van der Waals surface area contributed by atoms with Gasteiger partial charge >= 0.3 is 11.9 Å². The molecule has 1 aromatic rings. The number of fused-ring (bicyclic) bond motifs is 7. The van der Waals surface area contributed by atoms with Gasteiger partial charge in [0.1, 0.15) is 11.9 Å². The van der Waals surface area contributed by atoms with Crippen molar-refractivity contribution >= 4 is 17.7 Å². The summed E-state index contributed by atoms with van der Waals surface area (Å²) in [5, 5.41) is 9.36. The third-order valence-electron chi connectivity index (χ3n) is 17.3. The maximum absolute atomic E-state index is 13.9. The van der Waals surface area contributed by atoms with Crippen molar-refractivity contribution in [3.8, 4) is 0 Å². The number of allylic oxidation sites excluding steroid dienone is 1. The van der Waals surface area contributed by atoms with Gasteiger partial charge < -0.3 is 9.84 Å². The first-order valence-electron chi connectivity index (χ1n) is 21.4. The number of benzene rings is 1. The van der Waals surface area contributed by atoms with Crippen LogP contribution in [0.2, 0.25) is 0 Å². The number of carbonyl (C=O) groups is 3. The summed E-state index contributed by atoms with van der Waals surface area (Å²) >= 11 is 0. The topological polar surface area (TPSA) is 80.7 Å². The highest BCUT2D eigenvalue weighted by molar-refractivity contribution is 5.79. The Morgan fingerprint density at radius 2 is 1.55 bits per heavy atom. The maximum Gasteiger partial charge on any atom is 0.306 e. The average Bonchev–Trinajstić information content (AvgIpc) is 3.44. The highest BCUT2D eigenvalue weighted by Crippen LogP contribution is 2.78. The normalized spacial score (nSPS) is 38.8. The molecule has 6 rings (SSSR count). The Morgan fingerprint density at radius 1 is 0.830 bits per heavy atom. The van der Waals surface area contributed by atoms with Crippen molar-refractivity contribution in [2.24, 2.45) is 62.1 Å². The van der Waals surface area contributed by atoms with Gasteiger partial charge in [-0.25, -0.2) is 0 Å². The Bertz CT molecular complexity index is 1540. The van der Waals surface area contributed by atoms with Crippen molar-refractivity contribution < 1.29 is 24.2 Å². The van der Waals surface area contributed by atoms with E-state index in [4.69, 9.17) is 4.74 Å². The number of rotatable bonds is 13. The Labute approximate surface area is 321 Å². The molecule has 5 nitrogen and oxygen atoms in total. The van der Waals surface area contributed by atoms with Gasteiger partial charge in [-0.3, -0.25) is 14.4 Å². The molecule has 0 aliphatic heterocycles. The second-order valence-electron chi connectivity index (χ2n) is 21.2. The summed E-state index contributed by atoms with van der Waals surface area (Å²) in [4.78, 5) is 38.5. The molecular formula is C48H72O5. The fraction of sp³-hybridized carbons (Fsp3) is 0.771. The molecule has 0 radical (unpaired) electrons. The molecule has 5 aliphatic rings. The van der Waals surface area contributed by atoms with Gasteiger partial charge in [-0.1, -0.05) is 91.0 Å². The van der Waals surface area contributed by atoms with Crippen LogP contribution in [-0.2, 0) is 25.5 Å². The average molecular weight is 729 g/mol. The van der Waals surface area contributed by atoms with Crippen LogP contribution in [0.4, 0.5) is 0 Å². The molecule has 0 saturated heterocycles. The minimum absolute atomic E-state index is 0.0442. The second kappa shape index (κ2) is 14.6. The number of carboxylic acids is 1. The van der Waals surface area contributed by atoms with Gasteiger partial charge in [0.05, 0.1) is 12.8 Å². The summed E-state index contributed by atoms with van der Waals surface area (Å²) in [6.07, 6.45) is 16.1. The number of carbonyl (C=O) groups excluding carboxylic acids is 2. The number of aliphatic carboxylic acids is 1. The van der Waals surface area contributed by atoms with Crippen LogP contribution < -0.4 is 0 Å². The van der Waals surface area contributed by atoms with E-state index in [0.29, 0.717) is 41.8 Å². The minimum Gasteiger partial charge on any atom is -0.481 e. The molecule has 5 aliphatic carbocycles. The van der Waals surface area contributed by atoms with E-state index in [-0.39, 0.29) is 52.0 Å². The van der Waals surface area contributed by atoms with Crippen LogP contribution in [0.3, 0.4) is 0 Å². The number of hydrogen-bond donors (Lipinski definition) is 1. The largest absolute Gasteiger partial charge is 0.481 e. The molecule has 294 valence electrons. The van der Waals surface area contributed by atoms with E-state index in [1.54, 1.807) is 0 Å². The van der Waals surface area contributed by atoms with E-state index in [1.807, 2.05) is 13.8 Å². The third kappa shape index (κ3) is 7.23. The maximum atomic E-state index is 13.9. The van der Waals surface area contributed by atoms with E-state index in [9.17, 15) is 19.5 Å². The second-order valence-corrected chi connectivity index (χ2v) is 21.2. The first-order chi connectivity index (χ1) is 24.8.